The minimum absolute atomic E-state index is 0.0112. The molecule has 5 nitrogen and oxygen atoms in total. The van der Waals surface area contributed by atoms with Crippen molar-refractivity contribution >= 4 is 17.5 Å². The van der Waals surface area contributed by atoms with E-state index in [0.717, 1.165) is 23.3 Å². The zero-order valence-corrected chi connectivity index (χ0v) is 16.9. The van der Waals surface area contributed by atoms with E-state index in [0.29, 0.717) is 6.54 Å². The number of amides is 2. The number of nitrogens with one attached hydrogen (secondary N) is 2. The van der Waals surface area contributed by atoms with Crippen LogP contribution in [-0.4, -0.2) is 16.8 Å². The van der Waals surface area contributed by atoms with Crippen LogP contribution in [0.3, 0.4) is 0 Å². The number of alkyl halides is 3. The number of aromatic nitrogens is 1. The van der Waals surface area contributed by atoms with Crippen molar-refractivity contribution in [2.75, 3.05) is 5.32 Å². The fourth-order valence-corrected chi connectivity index (χ4v) is 2.92. The molecule has 0 aliphatic carbocycles. The Morgan fingerprint density at radius 2 is 1.55 bits per heavy atom. The molecule has 3 aromatic rings. The van der Waals surface area contributed by atoms with Crippen LogP contribution in [0.5, 0.6) is 0 Å². The maximum absolute atomic E-state index is 12.8. The Morgan fingerprint density at radius 3 is 2.19 bits per heavy atom. The van der Waals surface area contributed by atoms with Gasteiger partial charge in [-0.25, -0.2) is 4.98 Å². The lowest BCUT2D eigenvalue weighted by atomic mass is 10.1. The fraction of sp³-hybridized carbons (Fsp3) is 0.174. The molecular formula is C23H20F3N3O2. The summed E-state index contributed by atoms with van der Waals surface area (Å²) in [4.78, 5) is 28.7. The number of carbonyl (C=O) groups is 2. The summed E-state index contributed by atoms with van der Waals surface area (Å²) in [7, 11) is 0. The van der Waals surface area contributed by atoms with Gasteiger partial charge in [0, 0.05) is 6.54 Å². The van der Waals surface area contributed by atoms with E-state index in [2.05, 4.69) is 15.6 Å². The molecule has 1 aromatic heterocycles. The van der Waals surface area contributed by atoms with Gasteiger partial charge in [0.2, 0.25) is 0 Å². The quantitative estimate of drug-likeness (QED) is 0.609. The van der Waals surface area contributed by atoms with Crippen LogP contribution < -0.4 is 10.6 Å². The summed E-state index contributed by atoms with van der Waals surface area (Å²) in [5.74, 6) is -1.05. The van der Waals surface area contributed by atoms with Gasteiger partial charge in [0.1, 0.15) is 5.69 Å². The summed E-state index contributed by atoms with van der Waals surface area (Å²) in [5.41, 5.74) is 1.37. The lowest BCUT2D eigenvalue weighted by Crippen LogP contribution is -2.25. The predicted octanol–water partition coefficient (Wildman–Crippen LogP) is 4.90. The molecule has 2 amide bonds. The van der Waals surface area contributed by atoms with Crippen LogP contribution in [0.15, 0.2) is 60.7 Å². The van der Waals surface area contributed by atoms with Crippen LogP contribution in [0.1, 0.15) is 43.2 Å². The Labute approximate surface area is 177 Å². The lowest BCUT2D eigenvalue weighted by molar-refractivity contribution is -0.141. The molecule has 8 heteroatoms. The summed E-state index contributed by atoms with van der Waals surface area (Å²) in [6.07, 6.45) is -4.60. The summed E-state index contributed by atoms with van der Waals surface area (Å²) >= 11 is 0. The first-order chi connectivity index (χ1) is 14.6. The van der Waals surface area contributed by atoms with Gasteiger partial charge in [0.05, 0.1) is 22.5 Å². The van der Waals surface area contributed by atoms with E-state index in [-0.39, 0.29) is 22.5 Å². The monoisotopic (exact) mass is 427 g/mol. The number of hydrogen-bond donors (Lipinski definition) is 2. The highest BCUT2D eigenvalue weighted by Gasteiger charge is 2.33. The molecule has 3 rings (SSSR count). The smallest absolute Gasteiger partial charge is 0.348 e. The second-order valence-corrected chi connectivity index (χ2v) is 7.00. The number of benzene rings is 2. The van der Waals surface area contributed by atoms with E-state index in [9.17, 15) is 22.8 Å². The summed E-state index contributed by atoms with van der Waals surface area (Å²) < 4.78 is 38.4. The number of aryl methyl sites for hydroxylation is 2. The molecule has 0 radical (unpaired) electrons. The molecule has 0 aliphatic heterocycles. The molecule has 2 aromatic carbocycles. The molecule has 0 aliphatic rings. The van der Waals surface area contributed by atoms with Crippen molar-refractivity contribution in [3.8, 4) is 0 Å². The molecule has 0 saturated carbocycles. The van der Waals surface area contributed by atoms with E-state index in [1.54, 1.807) is 24.3 Å². The molecule has 1 heterocycles. The Bertz CT molecular complexity index is 1110. The van der Waals surface area contributed by atoms with Crippen LogP contribution in [0.2, 0.25) is 0 Å². The number of rotatable bonds is 5. The van der Waals surface area contributed by atoms with Gasteiger partial charge in [-0.2, -0.15) is 13.2 Å². The Hall–Kier alpha value is -3.68. The van der Waals surface area contributed by atoms with Crippen molar-refractivity contribution < 1.29 is 22.8 Å². The van der Waals surface area contributed by atoms with Crippen LogP contribution >= 0.6 is 0 Å². The highest BCUT2D eigenvalue weighted by Crippen LogP contribution is 2.28. The normalized spacial score (nSPS) is 11.1. The maximum Gasteiger partial charge on any atom is 0.433 e. The van der Waals surface area contributed by atoms with Crippen molar-refractivity contribution in [3.63, 3.8) is 0 Å². The van der Waals surface area contributed by atoms with E-state index in [1.165, 1.54) is 6.92 Å². The minimum atomic E-state index is -4.60. The van der Waals surface area contributed by atoms with Gasteiger partial charge >= 0.3 is 6.18 Å². The van der Waals surface area contributed by atoms with Gasteiger partial charge < -0.3 is 10.6 Å². The topological polar surface area (TPSA) is 71.1 Å². The first kappa shape index (κ1) is 22.0. The van der Waals surface area contributed by atoms with Crippen molar-refractivity contribution in [2.24, 2.45) is 0 Å². The van der Waals surface area contributed by atoms with Crippen molar-refractivity contribution in [3.05, 3.63) is 94.3 Å². The van der Waals surface area contributed by atoms with Crippen LogP contribution in [-0.2, 0) is 12.7 Å². The van der Waals surface area contributed by atoms with E-state index >= 15 is 0 Å². The molecule has 160 valence electrons. The van der Waals surface area contributed by atoms with Crippen LogP contribution in [0.25, 0.3) is 0 Å². The third-order valence-corrected chi connectivity index (χ3v) is 4.61. The highest BCUT2D eigenvalue weighted by atomic mass is 19.4. The Kier molecular flexibility index (Phi) is 6.39. The number of hydrogen-bond acceptors (Lipinski definition) is 3. The van der Waals surface area contributed by atoms with Gasteiger partial charge in [0.15, 0.2) is 0 Å². The van der Waals surface area contributed by atoms with Crippen molar-refractivity contribution in [1.82, 2.24) is 10.3 Å². The maximum atomic E-state index is 12.8. The Morgan fingerprint density at radius 1 is 0.871 bits per heavy atom. The second kappa shape index (κ2) is 8.99. The van der Waals surface area contributed by atoms with Gasteiger partial charge in [-0.15, -0.1) is 0 Å². The van der Waals surface area contributed by atoms with Crippen molar-refractivity contribution in [2.45, 2.75) is 26.6 Å². The molecular weight excluding hydrogens is 407 g/mol. The summed E-state index contributed by atoms with van der Waals surface area (Å²) in [6.45, 7) is 3.60. The summed E-state index contributed by atoms with van der Waals surface area (Å²) in [5, 5.41) is 5.39. The SMILES string of the molecule is Cc1ccc(CNC(=O)c2ccccc2NC(=O)c2ccc(C(F)(F)F)nc2C)cc1. The molecule has 0 fully saturated rings. The molecule has 0 spiro atoms. The molecule has 31 heavy (non-hydrogen) atoms. The first-order valence-electron chi connectivity index (χ1n) is 9.44. The number of carbonyl (C=O) groups excluding carboxylic acids is 2. The van der Waals surface area contributed by atoms with Gasteiger partial charge in [-0.05, 0) is 43.7 Å². The highest BCUT2D eigenvalue weighted by molar-refractivity contribution is 6.09. The number of halogens is 3. The lowest BCUT2D eigenvalue weighted by Gasteiger charge is -2.13. The molecule has 0 saturated heterocycles. The largest absolute Gasteiger partial charge is 0.433 e. The standard InChI is InChI=1S/C23H20F3N3O2/c1-14-7-9-16(10-8-14)13-27-21(30)18-5-3-4-6-19(18)29-22(31)17-11-12-20(23(24,25)26)28-15(17)2/h3-12H,13H2,1-2H3,(H,27,30)(H,29,31). The Balaban J connectivity index is 1.75. The third-order valence-electron chi connectivity index (χ3n) is 4.61. The number of para-hydroxylation sites is 1. The number of nitrogens with zero attached hydrogens (tertiary/aromatic N) is 1. The average Bonchev–Trinajstić information content (AvgIpc) is 2.72. The molecule has 0 unspecified atom stereocenters. The molecule has 0 bridgehead atoms. The van der Waals surface area contributed by atoms with Gasteiger partial charge in [-0.1, -0.05) is 42.0 Å². The third kappa shape index (κ3) is 5.48. The minimum Gasteiger partial charge on any atom is -0.348 e. The summed E-state index contributed by atoms with van der Waals surface area (Å²) in [6, 6.07) is 15.9. The van der Waals surface area contributed by atoms with Crippen LogP contribution in [0.4, 0.5) is 18.9 Å². The van der Waals surface area contributed by atoms with Gasteiger partial charge in [0.25, 0.3) is 11.8 Å². The van der Waals surface area contributed by atoms with Crippen molar-refractivity contribution in [1.29, 1.82) is 0 Å². The van der Waals surface area contributed by atoms with Gasteiger partial charge in [-0.3, -0.25) is 9.59 Å². The fourth-order valence-electron chi connectivity index (χ4n) is 2.92. The van der Waals surface area contributed by atoms with E-state index in [1.807, 2.05) is 31.2 Å². The predicted molar refractivity (Wildman–Crippen MR) is 111 cm³/mol. The van der Waals surface area contributed by atoms with Crippen LogP contribution in [0, 0.1) is 13.8 Å². The second-order valence-electron chi connectivity index (χ2n) is 7.00. The number of anilines is 1. The first-order valence-corrected chi connectivity index (χ1v) is 9.44. The molecule has 2 N–H and O–H groups in total. The molecule has 0 atom stereocenters. The average molecular weight is 427 g/mol. The van der Waals surface area contributed by atoms with E-state index in [4.69, 9.17) is 0 Å². The zero-order chi connectivity index (χ0) is 22.6. The number of pyridine rings is 1. The zero-order valence-electron chi connectivity index (χ0n) is 16.9. The van der Waals surface area contributed by atoms with E-state index < -0.39 is 23.7 Å².